The van der Waals surface area contributed by atoms with Crippen LogP contribution < -0.4 is 4.74 Å². The van der Waals surface area contributed by atoms with Gasteiger partial charge in [-0.3, -0.25) is 4.79 Å². The van der Waals surface area contributed by atoms with Gasteiger partial charge in [-0.25, -0.2) is 4.98 Å². The van der Waals surface area contributed by atoms with Gasteiger partial charge in [0.05, 0.1) is 6.61 Å². The van der Waals surface area contributed by atoms with E-state index in [-0.39, 0.29) is 5.97 Å². The molecule has 198 valence electrons. The van der Waals surface area contributed by atoms with Gasteiger partial charge in [-0.05, 0) is 61.2 Å². The summed E-state index contributed by atoms with van der Waals surface area (Å²) in [5.41, 5.74) is 6.29. The lowest BCUT2D eigenvalue weighted by atomic mass is 10.0. The lowest BCUT2D eigenvalue weighted by Crippen LogP contribution is -2.05. The molecule has 2 heterocycles. The highest BCUT2D eigenvalue weighted by atomic mass is 16.5. The van der Waals surface area contributed by atoms with Crippen molar-refractivity contribution >= 4 is 5.97 Å². The van der Waals surface area contributed by atoms with Crippen molar-refractivity contribution in [3.8, 4) is 28.3 Å². The number of benzene rings is 3. The Kier molecular flexibility index (Phi) is 8.22. The SMILES string of the molecule is CCOC(=O)CCc1cn(Cc2ccc(OCc3nc(-c4ccccc4)oc3C)cc2)cc1-c1ccccc1. The minimum absolute atomic E-state index is 0.169. The Hall–Kier alpha value is -4.58. The van der Waals surface area contributed by atoms with Crippen molar-refractivity contribution in [2.75, 3.05) is 6.61 Å². The predicted molar refractivity (Wildman–Crippen MR) is 151 cm³/mol. The van der Waals surface area contributed by atoms with Crippen LogP contribution in [0, 0.1) is 6.92 Å². The van der Waals surface area contributed by atoms with Gasteiger partial charge < -0.3 is 18.5 Å². The number of oxazole rings is 1. The van der Waals surface area contributed by atoms with Crippen LogP contribution in [0.1, 0.15) is 35.9 Å². The molecular formula is C33H32N2O4. The van der Waals surface area contributed by atoms with Crippen molar-refractivity contribution in [3.05, 3.63) is 120 Å². The van der Waals surface area contributed by atoms with Gasteiger partial charge >= 0.3 is 5.97 Å². The third-order valence-corrected chi connectivity index (χ3v) is 6.53. The van der Waals surface area contributed by atoms with Crippen LogP contribution in [0.4, 0.5) is 0 Å². The van der Waals surface area contributed by atoms with E-state index in [9.17, 15) is 4.79 Å². The van der Waals surface area contributed by atoms with Crippen molar-refractivity contribution in [2.24, 2.45) is 0 Å². The van der Waals surface area contributed by atoms with E-state index in [4.69, 9.17) is 13.9 Å². The number of ether oxygens (including phenoxy) is 2. The molecule has 0 unspecified atom stereocenters. The first-order valence-electron chi connectivity index (χ1n) is 13.2. The van der Waals surface area contributed by atoms with Crippen LogP contribution in [0.2, 0.25) is 0 Å². The molecule has 0 spiro atoms. The smallest absolute Gasteiger partial charge is 0.306 e. The first-order chi connectivity index (χ1) is 19.1. The second-order valence-electron chi connectivity index (χ2n) is 9.36. The van der Waals surface area contributed by atoms with E-state index in [0.717, 1.165) is 45.0 Å². The maximum atomic E-state index is 12.0. The zero-order chi connectivity index (χ0) is 27.0. The summed E-state index contributed by atoms with van der Waals surface area (Å²) >= 11 is 0. The molecule has 0 N–H and O–H groups in total. The standard InChI is InChI=1S/C33H32N2O4/c1-3-37-32(36)19-16-28-21-35(22-30(28)26-10-6-4-7-11-26)20-25-14-17-29(18-15-25)38-23-31-24(2)39-33(34-31)27-12-8-5-9-13-27/h4-15,17-18,21-22H,3,16,19-20,23H2,1-2H3. The monoisotopic (exact) mass is 520 g/mol. The highest BCUT2D eigenvalue weighted by Gasteiger charge is 2.13. The lowest BCUT2D eigenvalue weighted by molar-refractivity contribution is -0.143. The van der Waals surface area contributed by atoms with Crippen molar-refractivity contribution in [2.45, 2.75) is 39.8 Å². The zero-order valence-electron chi connectivity index (χ0n) is 22.3. The van der Waals surface area contributed by atoms with Crippen LogP contribution in [0.3, 0.4) is 0 Å². The Balaban J connectivity index is 1.24. The molecule has 0 saturated heterocycles. The minimum atomic E-state index is -0.169. The number of hydrogen-bond donors (Lipinski definition) is 0. The summed E-state index contributed by atoms with van der Waals surface area (Å²) in [6.07, 6.45) is 5.28. The molecule has 5 rings (SSSR count). The molecule has 0 aliphatic rings. The number of rotatable bonds is 11. The quantitative estimate of drug-likeness (QED) is 0.172. The fourth-order valence-corrected chi connectivity index (χ4v) is 4.51. The van der Waals surface area contributed by atoms with Gasteiger partial charge in [0.25, 0.3) is 0 Å². The number of carbonyl (C=O) groups is 1. The molecule has 6 nitrogen and oxygen atoms in total. The summed E-state index contributed by atoms with van der Waals surface area (Å²) in [4.78, 5) is 16.6. The molecule has 0 bridgehead atoms. The van der Waals surface area contributed by atoms with Gasteiger partial charge in [0.1, 0.15) is 23.8 Å². The van der Waals surface area contributed by atoms with E-state index < -0.39 is 0 Å². The average Bonchev–Trinajstić information content (AvgIpc) is 3.55. The third kappa shape index (κ3) is 6.65. The van der Waals surface area contributed by atoms with Gasteiger partial charge in [0.2, 0.25) is 5.89 Å². The van der Waals surface area contributed by atoms with Gasteiger partial charge in [0, 0.05) is 36.5 Å². The number of nitrogens with zero attached hydrogens (tertiary/aromatic N) is 2. The predicted octanol–water partition coefficient (Wildman–Crippen LogP) is 7.24. The number of carbonyl (C=O) groups excluding carboxylic acids is 1. The Labute approximate surface area is 228 Å². The Bertz CT molecular complexity index is 1500. The van der Waals surface area contributed by atoms with Gasteiger partial charge in [0.15, 0.2) is 0 Å². The number of esters is 1. The topological polar surface area (TPSA) is 66.5 Å². The summed E-state index contributed by atoms with van der Waals surface area (Å²) in [6, 6.07) is 28.2. The molecule has 0 amide bonds. The number of aryl methyl sites for hydroxylation is 2. The minimum Gasteiger partial charge on any atom is -0.487 e. The van der Waals surface area contributed by atoms with Crippen LogP contribution >= 0.6 is 0 Å². The molecule has 0 saturated carbocycles. The second kappa shape index (κ2) is 12.3. The van der Waals surface area contributed by atoms with E-state index in [1.54, 1.807) is 0 Å². The van der Waals surface area contributed by atoms with Gasteiger partial charge in [-0.15, -0.1) is 0 Å². The van der Waals surface area contributed by atoms with Crippen LogP contribution in [0.25, 0.3) is 22.6 Å². The van der Waals surface area contributed by atoms with Crippen molar-refractivity contribution in [3.63, 3.8) is 0 Å². The van der Waals surface area contributed by atoms with E-state index in [1.165, 1.54) is 0 Å². The maximum absolute atomic E-state index is 12.0. The fourth-order valence-electron chi connectivity index (χ4n) is 4.51. The molecule has 0 aliphatic heterocycles. The summed E-state index contributed by atoms with van der Waals surface area (Å²) in [6.45, 7) is 5.18. The van der Waals surface area contributed by atoms with E-state index in [1.807, 2.05) is 74.5 Å². The first-order valence-corrected chi connectivity index (χ1v) is 13.2. The normalized spacial score (nSPS) is 10.9. The van der Waals surface area contributed by atoms with E-state index in [0.29, 0.717) is 38.5 Å². The van der Waals surface area contributed by atoms with Crippen LogP contribution in [-0.4, -0.2) is 22.1 Å². The van der Waals surface area contributed by atoms with E-state index in [2.05, 4.69) is 46.2 Å². The largest absolute Gasteiger partial charge is 0.487 e. The number of aromatic nitrogens is 2. The Morgan fingerprint density at radius 3 is 2.28 bits per heavy atom. The zero-order valence-corrected chi connectivity index (χ0v) is 22.3. The summed E-state index contributed by atoms with van der Waals surface area (Å²) < 4.78 is 19.2. The summed E-state index contributed by atoms with van der Waals surface area (Å²) in [7, 11) is 0. The first kappa shape index (κ1) is 26.0. The molecule has 0 radical (unpaired) electrons. The molecule has 2 aromatic heterocycles. The van der Waals surface area contributed by atoms with Crippen LogP contribution in [-0.2, 0) is 29.1 Å². The molecule has 6 heteroatoms. The fraction of sp³-hybridized carbons (Fsp3) is 0.212. The molecule has 39 heavy (non-hydrogen) atoms. The number of hydrogen-bond acceptors (Lipinski definition) is 5. The lowest BCUT2D eigenvalue weighted by Gasteiger charge is -2.07. The molecule has 0 atom stereocenters. The second-order valence-corrected chi connectivity index (χ2v) is 9.36. The van der Waals surface area contributed by atoms with Crippen LogP contribution in [0.15, 0.2) is 102 Å². The van der Waals surface area contributed by atoms with Crippen molar-refractivity contribution in [1.29, 1.82) is 0 Å². The molecule has 3 aromatic carbocycles. The van der Waals surface area contributed by atoms with Gasteiger partial charge in [-0.1, -0.05) is 60.7 Å². The maximum Gasteiger partial charge on any atom is 0.306 e. The molecule has 0 fully saturated rings. The highest BCUT2D eigenvalue weighted by molar-refractivity contribution is 5.72. The third-order valence-electron chi connectivity index (χ3n) is 6.53. The molecule has 0 aliphatic carbocycles. The van der Waals surface area contributed by atoms with Gasteiger partial charge in [-0.2, -0.15) is 0 Å². The van der Waals surface area contributed by atoms with Crippen molar-refractivity contribution < 1.29 is 18.7 Å². The highest BCUT2D eigenvalue weighted by Crippen LogP contribution is 2.27. The van der Waals surface area contributed by atoms with E-state index >= 15 is 0 Å². The molecular weight excluding hydrogens is 488 g/mol. The molecule has 5 aromatic rings. The summed E-state index contributed by atoms with van der Waals surface area (Å²) in [5, 5.41) is 0. The Morgan fingerprint density at radius 2 is 1.59 bits per heavy atom. The summed E-state index contributed by atoms with van der Waals surface area (Å²) in [5.74, 6) is 1.96. The van der Waals surface area contributed by atoms with Crippen molar-refractivity contribution in [1.82, 2.24) is 9.55 Å². The average molecular weight is 521 g/mol. The van der Waals surface area contributed by atoms with Crippen LogP contribution in [0.5, 0.6) is 5.75 Å². The Morgan fingerprint density at radius 1 is 0.897 bits per heavy atom.